The molecule has 4 rings (SSSR count). The molecule has 1 aliphatic rings. The Morgan fingerprint density at radius 1 is 1.18 bits per heavy atom. The van der Waals surface area contributed by atoms with Gasteiger partial charge in [-0.2, -0.15) is 13.2 Å². The van der Waals surface area contributed by atoms with Gasteiger partial charge in [0.2, 0.25) is 5.91 Å². The number of halogens is 5. The predicted octanol–water partition coefficient (Wildman–Crippen LogP) is 5.14. The van der Waals surface area contributed by atoms with E-state index in [2.05, 4.69) is 5.32 Å². The summed E-state index contributed by atoms with van der Waals surface area (Å²) in [5.41, 5.74) is 4.83. The maximum Gasteiger partial charge on any atom is 0.416 e. The topological polar surface area (TPSA) is 76.2 Å². The fourth-order valence-corrected chi connectivity index (χ4v) is 4.31. The number of amides is 1. The number of carbonyl (C=O) groups excluding carboxylic acids is 1. The van der Waals surface area contributed by atoms with Gasteiger partial charge in [-0.05, 0) is 56.3 Å². The van der Waals surface area contributed by atoms with Crippen molar-refractivity contribution in [3.05, 3.63) is 64.7 Å². The van der Waals surface area contributed by atoms with E-state index >= 15 is 0 Å². The van der Waals surface area contributed by atoms with Crippen LogP contribution in [0.1, 0.15) is 25.2 Å². The van der Waals surface area contributed by atoms with Crippen molar-refractivity contribution < 1.29 is 22.4 Å². The Morgan fingerprint density at radius 2 is 1.85 bits per heavy atom. The summed E-state index contributed by atoms with van der Waals surface area (Å²) in [5, 5.41) is 3.10. The highest BCUT2D eigenvalue weighted by molar-refractivity contribution is 6.33. The van der Waals surface area contributed by atoms with Crippen LogP contribution in [0.15, 0.2) is 42.5 Å². The molecule has 0 fully saturated rings. The zero-order chi connectivity index (χ0) is 24.8. The lowest BCUT2D eigenvalue weighted by molar-refractivity contribution is -0.138. The van der Waals surface area contributed by atoms with Crippen molar-refractivity contribution in [3.63, 3.8) is 0 Å². The third-order valence-electron chi connectivity index (χ3n) is 5.88. The predicted molar refractivity (Wildman–Crippen MR) is 121 cm³/mol. The zero-order valence-corrected chi connectivity index (χ0v) is 19.1. The Morgan fingerprint density at radius 3 is 2.47 bits per heavy atom. The van der Waals surface area contributed by atoms with Crippen LogP contribution in [0.25, 0.3) is 11.3 Å². The van der Waals surface area contributed by atoms with Crippen molar-refractivity contribution in [1.29, 1.82) is 0 Å². The van der Waals surface area contributed by atoms with Crippen LogP contribution in [-0.4, -0.2) is 33.4 Å². The van der Waals surface area contributed by atoms with E-state index in [4.69, 9.17) is 22.3 Å². The van der Waals surface area contributed by atoms with E-state index in [1.807, 2.05) is 13.8 Å². The molecule has 180 valence electrons. The Balaban J connectivity index is 1.88. The summed E-state index contributed by atoms with van der Waals surface area (Å²) in [7, 11) is 0. The van der Waals surface area contributed by atoms with Crippen LogP contribution in [-0.2, 0) is 23.1 Å². The van der Waals surface area contributed by atoms with Crippen molar-refractivity contribution in [1.82, 2.24) is 14.5 Å². The molecule has 3 aromatic rings. The third-order valence-corrected chi connectivity index (χ3v) is 6.21. The minimum absolute atomic E-state index is 0.0424. The quantitative estimate of drug-likeness (QED) is 0.491. The molecular formula is C23H22ClF4N5O. The first-order valence-corrected chi connectivity index (χ1v) is 10.8. The van der Waals surface area contributed by atoms with Gasteiger partial charge in [0.1, 0.15) is 23.2 Å². The molecule has 0 atom stereocenters. The SMILES string of the molecule is CC1(C)c2nc(-c3ccc(F)cc3)c(Nc3cc(C(F)(F)F)ccc3Cl)n2CCN1C(=O)CN. The van der Waals surface area contributed by atoms with Gasteiger partial charge < -0.3 is 20.5 Å². The second kappa shape index (κ2) is 8.59. The molecule has 0 aliphatic carbocycles. The van der Waals surface area contributed by atoms with Gasteiger partial charge in [0, 0.05) is 18.7 Å². The molecule has 11 heteroatoms. The minimum atomic E-state index is -4.55. The van der Waals surface area contributed by atoms with Crippen LogP contribution >= 0.6 is 11.6 Å². The van der Waals surface area contributed by atoms with Crippen molar-refractivity contribution in [2.45, 2.75) is 32.1 Å². The fraction of sp³-hybridized carbons (Fsp3) is 0.304. The van der Waals surface area contributed by atoms with Crippen LogP contribution in [0.4, 0.5) is 29.1 Å². The summed E-state index contributed by atoms with van der Waals surface area (Å²) >= 11 is 6.23. The van der Waals surface area contributed by atoms with E-state index in [0.717, 1.165) is 12.1 Å². The number of nitrogens with zero attached hydrogens (tertiary/aromatic N) is 3. The third kappa shape index (κ3) is 4.23. The number of alkyl halides is 3. The average molecular weight is 496 g/mol. The van der Waals surface area contributed by atoms with Crippen molar-refractivity contribution in [2.75, 3.05) is 18.4 Å². The number of carbonyl (C=O) groups is 1. The molecule has 1 amide bonds. The van der Waals surface area contributed by atoms with Gasteiger partial charge in [-0.3, -0.25) is 4.79 Å². The van der Waals surface area contributed by atoms with Crippen molar-refractivity contribution in [2.24, 2.45) is 5.73 Å². The maximum atomic E-state index is 13.6. The van der Waals surface area contributed by atoms with Crippen LogP contribution in [0.3, 0.4) is 0 Å². The number of benzene rings is 2. The van der Waals surface area contributed by atoms with Gasteiger partial charge in [0.15, 0.2) is 0 Å². The average Bonchev–Trinajstić information content (AvgIpc) is 3.14. The number of nitrogens with two attached hydrogens (primary N) is 1. The minimum Gasteiger partial charge on any atom is -0.339 e. The number of nitrogens with one attached hydrogen (secondary N) is 1. The number of anilines is 2. The number of aromatic nitrogens is 2. The van der Waals surface area contributed by atoms with Gasteiger partial charge in [-0.15, -0.1) is 0 Å². The van der Waals surface area contributed by atoms with Crippen LogP contribution in [0.2, 0.25) is 5.02 Å². The fourth-order valence-electron chi connectivity index (χ4n) is 4.15. The first-order chi connectivity index (χ1) is 15.9. The summed E-state index contributed by atoms with van der Waals surface area (Å²) in [6, 6.07) is 8.59. The summed E-state index contributed by atoms with van der Waals surface area (Å²) in [6.07, 6.45) is -4.55. The molecule has 3 N–H and O–H groups in total. The van der Waals surface area contributed by atoms with Gasteiger partial charge in [0.25, 0.3) is 0 Å². The Hall–Kier alpha value is -3.11. The van der Waals surface area contributed by atoms with Crippen LogP contribution in [0.5, 0.6) is 0 Å². The van der Waals surface area contributed by atoms with E-state index in [1.54, 1.807) is 9.47 Å². The van der Waals surface area contributed by atoms with Crippen molar-refractivity contribution >= 4 is 29.0 Å². The van der Waals surface area contributed by atoms with E-state index in [-0.39, 0.29) is 23.2 Å². The molecule has 0 radical (unpaired) electrons. The number of fused-ring (bicyclic) bond motifs is 1. The smallest absolute Gasteiger partial charge is 0.339 e. The molecule has 1 aromatic heterocycles. The number of hydrogen-bond donors (Lipinski definition) is 2. The van der Waals surface area contributed by atoms with Crippen LogP contribution in [0, 0.1) is 5.82 Å². The molecule has 1 aliphatic heterocycles. The molecule has 6 nitrogen and oxygen atoms in total. The summed E-state index contributed by atoms with van der Waals surface area (Å²) in [5.74, 6) is 0.197. The first kappa shape index (κ1) is 24.0. The Labute approximate surface area is 198 Å². The molecule has 0 spiro atoms. The number of imidazole rings is 1. The summed E-state index contributed by atoms with van der Waals surface area (Å²) < 4.78 is 55.3. The zero-order valence-electron chi connectivity index (χ0n) is 18.4. The molecule has 0 unspecified atom stereocenters. The molecule has 0 saturated heterocycles. The lowest BCUT2D eigenvalue weighted by atomic mass is 9.99. The monoisotopic (exact) mass is 495 g/mol. The first-order valence-electron chi connectivity index (χ1n) is 10.4. The second-order valence-corrected chi connectivity index (χ2v) is 8.82. The normalized spacial score (nSPS) is 15.2. The Kier molecular flexibility index (Phi) is 6.07. The highest BCUT2D eigenvalue weighted by Crippen LogP contribution is 2.41. The van der Waals surface area contributed by atoms with Gasteiger partial charge in [-0.25, -0.2) is 9.37 Å². The molecule has 0 bridgehead atoms. The number of rotatable bonds is 4. The second-order valence-electron chi connectivity index (χ2n) is 8.42. The van der Waals surface area contributed by atoms with Gasteiger partial charge in [0.05, 0.1) is 28.4 Å². The van der Waals surface area contributed by atoms with Gasteiger partial charge >= 0.3 is 6.18 Å². The van der Waals surface area contributed by atoms with E-state index in [0.29, 0.717) is 36.0 Å². The highest BCUT2D eigenvalue weighted by Gasteiger charge is 2.41. The number of hydrogen-bond acceptors (Lipinski definition) is 4. The standard InChI is InChI=1S/C23H22ClF4N5O/c1-22(2)21-31-19(13-3-6-15(25)7-4-13)20(32(21)9-10-33(22)18(34)12-29)30-17-11-14(23(26,27)28)5-8-16(17)24/h3-8,11,30H,9-10,12,29H2,1-2H3. The van der Waals surface area contributed by atoms with E-state index in [9.17, 15) is 22.4 Å². The van der Waals surface area contributed by atoms with Crippen LogP contribution < -0.4 is 11.1 Å². The van der Waals surface area contributed by atoms with Crippen molar-refractivity contribution in [3.8, 4) is 11.3 Å². The lowest BCUT2D eigenvalue weighted by Gasteiger charge is -2.42. The summed E-state index contributed by atoms with van der Waals surface area (Å²) in [6.45, 7) is 4.10. The molecule has 2 aromatic carbocycles. The summed E-state index contributed by atoms with van der Waals surface area (Å²) in [4.78, 5) is 18.8. The van der Waals surface area contributed by atoms with E-state index in [1.165, 1.54) is 30.3 Å². The molecule has 0 saturated carbocycles. The molecule has 2 heterocycles. The molecular weight excluding hydrogens is 474 g/mol. The Bertz CT molecular complexity index is 1240. The largest absolute Gasteiger partial charge is 0.416 e. The van der Waals surface area contributed by atoms with Gasteiger partial charge in [-0.1, -0.05) is 11.6 Å². The molecule has 34 heavy (non-hydrogen) atoms. The highest BCUT2D eigenvalue weighted by atomic mass is 35.5. The van der Waals surface area contributed by atoms with E-state index < -0.39 is 23.1 Å². The maximum absolute atomic E-state index is 13.6. The lowest BCUT2D eigenvalue weighted by Crippen LogP contribution is -2.53.